The molecule has 5 heteroatoms. The van der Waals surface area contributed by atoms with Crippen LogP contribution < -0.4 is 5.32 Å². The van der Waals surface area contributed by atoms with Crippen molar-refractivity contribution in [1.29, 1.82) is 0 Å². The van der Waals surface area contributed by atoms with E-state index in [2.05, 4.69) is 31.3 Å². The summed E-state index contributed by atoms with van der Waals surface area (Å²) in [7, 11) is 0. The first-order valence-electron chi connectivity index (χ1n) is 5.69. The molecule has 2 heterocycles. The zero-order valence-electron chi connectivity index (χ0n) is 8.86. The van der Waals surface area contributed by atoms with Crippen LogP contribution in [-0.4, -0.2) is 52.7 Å². The molecule has 0 aromatic carbocycles. The lowest BCUT2D eigenvalue weighted by atomic mass is 10.1. The number of rotatable bonds is 2. The maximum absolute atomic E-state index is 9.51. The molecule has 2 N–H and O–H groups in total. The highest BCUT2D eigenvalue weighted by Gasteiger charge is 2.26. The molecule has 0 aromatic rings. The Balaban J connectivity index is 1.75. The minimum Gasteiger partial charge on any atom is -0.392 e. The number of piperidine rings is 2. The molecule has 88 valence electrons. The second-order valence-corrected chi connectivity index (χ2v) is 5.80. The molecule has 15 heavy (non-hydrogen) atoms. The van der Waals surface area contributed by atoms with E-state index < -0.39 is 0 Å². The number of ether oxygens (including phenoxy) is 1. The van der Waals surface area contributed by atoms with Crippen molar-refractivity contribution in [1.82, 2.24) is 8.43 Å². The van der Waals surface area contributed by atoms with Crippen LogP contribution in [0.3, 0.4) is 0 Å². The van der Waals surface area contributed by atoms with E-state index in [1.807, 2.05) is 0 Å². The van der Waals surface area contributed by atoms with Gasteiger partial charge in [-0.25, -0.2) is 3.11 Å². The van der Waals surface area contributed by atoms with Gasteiger partial charge in [0.05, 0.1) is 18.3 Å². The van der Waals surface area contributed by atoms with E-state index in [0.29, 0.717) is 12.6 Å². The molecule has 3 atom stereocenters. The predicted octanol–water partition coefficient (Wildman–Crippen LogP) is 0.540. The summed E-state index contributed by atoms with van der Waals surface area (Å²) >= 11 is 2.36. The third-order valence-corrected chi connectivity index (χ3v) is 3.88. The second kappa shape index (κ2) is 5.77. The minimum atomic E-state index is -0.233. The summed E-state index contributed by atoms with van der Waals surface area (Å²) in [6.07, 6.45) is 3.48. The Morgan fingerprint density at radius 1 is 1.33 bits per heavy atom. The van der Waals surface area contributed by atoms with Gasteiger partial charge in [-0.15, -0.1) is 0 Å². The van der Waals surface area contributed by atoms with Gasteiger partial charge in [-0.05, 0) is 12.8 Å². The van der Waals surface area contributed by atoms with Crippen LogP contribution >= 0.6 is 22.9 Å². The third-order valence-electron chi connectivity index (χ3n) is 3.00. The summed E-state index contributed by atoms with van der Waals surface area (Å²) in [6, 6.07) is 0. The van der Waals surface area contributed by atoms with E-state index in [1.165, 1.54) is 13.0 Å². The van der Waals surface area contributed by atoms with Gasteiger partial charge in [0.15, 0.2) is 0 Å². The van der Waals surface area contributed by atoms with Gasteiger partial charge in [0, 0.05) is 55.5 Å². The van der Waals surface area contributed by atoms with Crippen LogP contribution in [0, 0.1) is 0 Å². The molecule has 2 aliphatic heterocycles. The van der Waals surface area contributed by atoms with Crippen molar-refractivity contribution in [2.75, 3.05) is 26.2 Å². The lowest BCUT2D eigenvalue weighted by Gasteiger charge is -2.34. The maximum atomic E-state index is 9.51. The minimum absolute atomic E-state index is 0.196. The molecular weight excluding hydrogens is 307 g/mol. The molecule has 4 nitrogen and oxygen atoms in total. The van der Waals surface area contributed by atoms with Gasteiger partial charge in [0.25, 0.3) is 0 Å². The molecule has 0 bridgehead atoms. The predicted molar refractivity (Wildman–Crippen MR) is 67.0 cm³/mol. The zero-order chi connectivity index (χ0) is 10.7. The number of nitrogens with one attached hydrogen (secondary N) is 1. The summed E-state index contributed by atoms with van der Waals surface area (Å²) in [5.41, 5.74) is 0. The molecule has 2 aliphatic rings. The van der Waals surface area contributed by atoms with E-state index in [0.717, 1.165) is 25.9 Å². The molecule has 2 rings (SSSR count). The topological polar surface area (TPSA) is 44.7 Å². The van der Waals surface area contributed by atoms with Crippen LogP contribution in [0.15, 0.2) is 0 Å². The maximum Gasteiger partial charge on any atom is 0.0729 e. The largest absolute Gasteiger partial charge is 0.392 e. The second-order valence-electron chi connectivity index (χ2n) is 4.44. The van der Waals surface area contributed by atoms with Crippen molar-refractivity contribution in [2.45, 2.75) is 37.6 Å². The van der Waals surface area contributed by atoms with E-state index >= 15 is 0 Å². The van der Waals surface area contributed by atoms with Gasteiger partial charge < -0.3 is 15.2 Å². The molecule has 0 radical (unpaired) electrons. The SMILES string of the molecule is O[C@@H]1CNCC(O[C@@H]2CCCN(I)C2)C1. The average Bonchev–Trinajstić information content (AvgIpc) is 2.17. The van der Waals surface area contributed by atoms with E-state index in [1.54, 1.807) is 0 Å². The smallest absolute Gasteiger partial charge is 0.0729 e. The van der Waals surface area contributed by atoms with Crippen molar-refractivity contribution in [3.63, 3.8) is 0 Å². The van der Waals surface area contributed by atoms with Gasteiger partial charge in [0.2, 0.25) is 0 Å². The lowest BCUT2D eigenvalue weighted by molar-refractivity contribution is -0.0613. The Bertz CT molecular complexity index is 186. The van der Waals surface area contributed by atoms with E-state index in [-0.39, 0.29) is 12.2 Å². The number of β-amino-alcohol motifs (C(OH)–C–C–N with tert-alkyl or cyclic N) is 1. The van der Waals surface area contributed by atoms with E-state index in [9.17, 15) is 5.11 Å². The first kappa shape index (κ1) is 12.0. The Morgan fingerprint density at radius 3 is 2.93 bits per heavy atom. The van der Waals surface area contributed by atoms with Gasteiger partial charge in [-0.2, -0.15) is 0 Å². The molecule has 0 aliphatic carbocycles. The summed E-state index contributed by atoms with van der Waals surface area (Å²) in [5, 5.41) is 12.7. The highest BCUT2D eigenvalue weighted by atomic mass is 127. The number of halogens is 1. The van der Waals surface area contributed by atoms with E-state index in [4.69, 9.17) is 4.74 Å². The number of aliphatic hydroxyl groups is 1. The van der Waals surface area contributed by atoms with Gasteiger partial charge in [0.1, 0.15) is 0 Å². The Labute approximate surface area is 105 Å². The average molecular weight is 326 g/mol. The zero-order valence-corrected chi connectivity index (χ0v) is 11.0. The van der Waals surface area contributed by atoms with Crippen LogP contribution in [0.2, 0.25) is 0 Å². The lowest BCUT2D eigenvalue weighted by Crippen LogP contribution is -2.46. The van der Waals surface area contributed by atoms with Crippen LogP contribution in [0.25, 0.3) is 0 Å². The standard InChI is InChI=1S/C10H19IN2O2/c11-13-3-1-2-9(7-13)15-10-4-8(14)5-12-6-10/h8-10,12,14H,1-7H2/t8-,9+,10?/m0/s1. The first-order valence-corrected chi connectivity index (χ1v) is 6.65. The number of nitrogens with zero attached hydrogens (tertiary/aromatic N) is 1. The van der Waals surface area contributed by atoms with Crippen LogP contribution in [0.1, 0.15) is 19.3 Å². The van der Waals surface area contributed by atoms with Crippen molar-refractivity contribution in [3.05, 3.63) is 0 Å². The number of aliphatic hydroxyl groups excluding tert-OH is 1. The van der Waals surface area contributed by atoms with Crippen molar-refractivity contribution in [2.24, 2.45) is 0 Å². The first-order chi connectivity index (χ1) is 7.24. The third kappa shape index (κ3) is 3.81. The van der Waals surface area contributed by atoms with Crippen LogP contribution in [0.5, 0.6) is 0 Å². The van der Waals surface area contributed by atoms with Gasteiger partial charge in [-0.1, -0.05) is 0 Å². The molecule has 1 unspecified atom stereocenters. The summed E-state index contributed by atoms with van der Waals surface area (Å²) in [4.78, 5) is 0. The van der Waals surface area contributed by atoms with Crippen LogP contribution in [0.4, 0.5) is 0 Å². The van der Waals surface area contributed by atoms with Crippen molar-refractivity contribution < 1.29 is 9.84 Å². The molecular formula is C10H19IN2O2. The molecule has 0 saturated carbocycles. The normalized spacial score (nSPS) is 39.2. The quantitative estimate of drug-likeness (QED) is 0.574. The summed E-state index contributed by atoms with van der Waals surface area (Å²) in [6.45, 7) is 3.79. The highest BCUT2D eigenvalue weighted by Crippen LogP contribution is 2.19. The fourth-order valence-corrected chi connectivity index (χ4v) is 3.04. The number of hydrogen-bond acceptors (Lipinski definition) is 4. The van der Waals surface area contributed by atoms with Crippen molar-refractivity contribution in [3.8, 4) is 0 Å². The Hall–Kier alpha value is 0.570. The number of hydrogen-bond donors (Lipinski definition) is 2. The molecule has 0 amide bonds. The monoisotopic (exact) mass is 326 g/mol. The summed E-state index contributed by atoms with van der Waals surface area (Å²) < 4.78 is 8.29. The van der Waals surface area contributed by atoms with Crippen LogP contribution in [-0.2, 0) is 4.74 Å². The Morgan fingerprint density at radius 2 is 2.20 bits per heavy atom. The fourth-order valence-electron chi connectivity index (χ4n) is 2.26. The highest BCUT2D eigenvalue weighted by molar-refractivity contribution is 14.1. The molecule has 2 fully saturated rings. The van der Waals surface area contributed by atoms with Gasteiger partial charge in [-0.3, -0.25) is 0 Å². The fraction of sp³-hybridized carbons (Fsp3) is 1.00. The Kier molecular flexibility index (Phi) is 4.63. The van der Waals surface area contributed by atoms with Crippen molar-refractivity contribution >= 4 is 22.9 Å². The molecule has 2 saturated heterocycles. The molecule has 0 spiro atoms. The summed E-state index contributed by atoms with van der Waals surface area (Å²) in [5.74, 6) is 0. The molecule has 0 aromatic heterocycles. The van der Waals surface area contributed by atoms with Gasteiger partial charge >= 0.3 is 0 Å².